The third-order valence-electron chi connectivity index (χ3n) is 4.44. The van der Waals surface area contributed by atoms with Crippen LogP contribution in [0.2, 0.25) is 0 Å². The Hall–Kier alpha value is -0.860. The van der Waals surface area contributed by atoms with Gasteiger partial charge in [-0.15, -0.1) is 0 Å². The standard InChI is InChI=1S/C15H21NO/c16-15(11-5-7-17-8-6-11)14-9-12-3-1-2-4-13(12)10-14/h1-4,11,14-15H,5-10,16H2. The zero-order valence-corrected chi connectivity index (χ0v) is 10.3. The third-order valence-corrected chi connectivity index (χ3v) is 4.44. The highest BCUT2D eigenvalue weighted by atomic mass is 16.5. The van der Waals surface area contributed by atoms with Crippen molar-refractivity contribution in [3.63, 3.8) is 0 Å². The zero-order valence-electron chi connectivity index (χ0n) is 10.3. The summed E-state index contributed by atoms with van der Waals surface area (Å²) in [6, 6.07) is 9.15. The van der Waals surface area contributed by atoms with Crippen LogP contribution >= 0.6 is 0 Å². The fourth-order valence-corrected chi connectivity index (χ4v) is 3.35. The van der Waals surface area contributed by atoms with Crippen LogP contribution in [0.5, 0.6) is 0 Å². The number of benzene rings is 1. The molecule has 1 aromatic carbocycles. The highest BCUT2D eigenvalue weighted by molar-refractivity contribution is 5.32. The van der Waals surface area contributed by atoms with Gasteiger partial charge in [0.15, 0.2) is 0 Å². The lowest BCUT2D eigenvalue weighted by Gasteiger charge is -2.31. The number of rotatable bonds is 2. The zero-order chi connectivity index (χ0) is 11.7. The number of hydrogen-bond acceptors (Lipinski definition) is 2. The molecule has 2 N–H and O–H groups in total. The lowest BCUT2D eigenvalue weighted by molar-refractivity contribution is 0.0515. The van der Waals surface area contributed by atoms with E-state index in [1.807, 2.05) is 0 Å². The average Bonchev–Trinajstić information content (AvgIpc) is 2.82. The van der Waals surface area contributed by atoms with Gasteiger partial charge >= 0.3 is 0 Å². The fraction of sp³-hybridized carbons (Fsp3) is 0.600. The van der Waals surface area contributed by atoms with Crippen molar-refractivity contribution in [2.45, 2.75) is 31.7 Å². The maximum Gasteiger partial charge on any atom is 0.0469 e. The summed E-state index contributed by atoms with van der Waals surface area (Å²) >= 11 is 0. The second-order valence-electron chi connectivity index (χ2n) is 5.46. The van der Waals surface area contributed by atoms with Crippen molar-refractivity contribution in [2.24, 2.45) is 17.6 Å². The molecule has 0 saturated carbocycles. The van der Waals surface area contributed by atoms with Gasteiger partial charge in [-0.05, 0) is 48.6 Å². The minimum Gasteiger partial charge on any atom is -0.381 e. The summed E-state index contributed by atoms with van der Waals surface area (Å²) in [7, 11) is 0. The van der Waals surface area contributed by atoms with E-state index in [4.69, 9.17) is 10.5 Å². The van der Waals surface area contributed by atoms with Gasteiger partial charge in [-0.25, -0.2) is 0 Å². The first-order valence-corrected chi connectivity index (χ1v) is 6.74. The van der Waals surface area contributed by atoms with Gasteiger partial charge in [-0.1, -0.05) is 24.3 Å². The number of ether oxygens (including phenoxy) is 1. The van der Waals surface area contributed by atoms with Crippen LogP contribution in [0.15, 0.2) is 24.3 Å². The van der Waals surface area contributed by atoms with Crippen LogP contribution in [0.25, 0.3) is 0 Å². The molecule has 1 saturated heterocycles. The normalized spacial score (nSPS) is 23.6. The summed E-state index contributed by atoms with van der Waals surface area (Å²) in [5.41, 5.74) is 9.51. The van der Waals surface area contributed by atoms with E-state index >= 15 is 0 Å². The van der Waals surface area contributed by atoms with Crippen LogP contribution < -0.4 is 5.73 Å². The van der Waals surface area contributed by atoms with Crippen LogP contribution in [0.1, 0.15) is 24.0 Å². The van der Waals surface area contributed by atoms with Gasteiger partial charge in [-0.2, -0.15) is 0 Å². The van der Waals surface area contributed by atoms with Crippen molar-refractivity contribution in [3.8, 4) is 0 Å². The monoisotopic (exact) mass is 231 g/mol. The van der Waals surface area contributed by atoms with E-state index in [1.165, 1.54) is 24.0 Å². The van der Waals surface area contributed by atoms with E-state index in [9.17, 15) is 0 Å². The molecule has 1 aliphatic heterocycles. The van der Waals surface area contributed by atoms with Crippen molar-refractivity contribution >= 4 is 0 Å². The Morgan fingerprint density at radius 1 is 1.00 bits per heavy atom. The molecule has 1 heterocycles. The second kappa shape index (κ2) is 4.79. The largest absolute Gasteiger partial charge is 0.381 e. The molecule has 3 rings (SSSR count). The molecule has 0 amide bonds. The highest BCUT2D eigenvalue weighted by Crippen LogP contribution is 2.32. The van der Waals surface area contributed by atoms with Crippen molar-refractivity contribution in [1.29, 1.82) is 0 Å². The Balaban J connectivity index is 1.67. The van der Waals surface area contributed by atoms with Gasteiger partial charge in [0.25, 0.3) is 0 Å². The molecule has 1 atom stereocenters. The first-order valence-electron chi connectivity index (χ1n) is 6.74. The van der Waals surface area contributed by atoms with Gasteiger partial charge in [0.2, 0.25) is 0 Å². The average molecular weight is 231 g/mol. The van der Waals surface area contributed by atoms with Crippen LogP contribution in [0.3, 0.4) is 0 Å². The van der Waals surface area contributed by atoms with E-state index in [0.717, 1.165) is 26.1 Å². The molecular weight excluding hydrogens is 210 g/mol. The summed E-state index contributed by atoms with van der Waals surface area (Å²) in [6.07, 6.45) is 4.64. The van der Waals surface area contributed by atoms with Crippen molar-refractivity contribution < 1.29 is 4.74 Å². The molecule has 1 aromatic rings. The SMILES string of the molecule is NC(C1CCOCC1)C1Cc2ccccc2C1. The van der Waals surface area contributed by atoms with Crippen LogP contribution in [0, 0.1) is 11.8 Å². The first-order chi connectivity index (χ1) is 8.34. The van der Waals surface area contributed by atoms with Crippen LogP contribution in [0.4, 0.5) is 0 Å². The summed E-state index contributed by atoms with van der Waals surface area (Å²) < 4.78 is 5.42. The Morgan fingerprint density at radius 2 is 1.59 bits per heavy atom. The lowest BCUT2D eigenvalue weighted by atomic mass is 9.83. The number of hydrogen-bond donors (Lipinski definition) is 1. The van der Waals surface area contributed by atoms with Gasteiger partial charge in [0, 0.05) is 19.3 Å². The third kappa shape index (κ3) is 2.24. The maximum absolute atomic E-state index is 6.48. The molecule has 1 fully saturated rings. The molecule has 0 bridgehead atoms. The first kappa shape index (κ1) is 11.2. The molecule has 92 valence electrons. The van der Waals surface area contributed by atoms with E-state index in [1.54, 1.807) is 0 Å². The van der Waals surface area contributed by atoms with E-state index < -0.39 is 0 Å². The van der Waals surface area contributed by atoms with Gasteiger partial charge in [0.05, 0.1) is 0 Å². The molecule has 0 spiro atoms. The number of fused-ring (bicyclic) bond motifs is 1. The highest BCUT2D eigenvalue weighted by Gasteiger charge is 2.31. The molecular formula is C15H21NO. The molecule has 0 radical (unpaired) electrons. The van der Waals surface area contributed by atoms with E-state index in [0.29, 0.717) is 17.9 Å². The van der Waals surface area contributed by atoms with Crippen molar-refractivity contribution in [1.82, 2.24) is 0 Å². The molecule has 1 aliphatic carbocycles. The Morgan fingerprint density at radius 3 is 2.18 bits per heavy atom. The Bertz CT molecular complexity index is 359. The Labute approximate surface area is 103 Å². The molecule has 17 heavy (non-hydrogen) atoms. The minimum atomic E-state index is 0.353. The molecule has 2 heteroatoms. The molecule has 2 nitrogen and oxygen atoms in total. The van der Waals surface area contributed by atoms with E-state index in [2.05, 4.69) is 24.3 Å². The van der Waals surface area contributed by atoms with Gasteiger partial charge in [-0.3, -0.25) is 0 Å². The second-order valence-corrected chi connectivity index (χ2v) is 5.46. The van der Waals surface area contributed by atoms with Gasteiger partial charge < -0.3 is 10.5 Å². The van der Waals surface area contributed by atoms with E-state index in [-0.39, 0.29) is 0 Å². The molecule has 0 aromatic heterocycles. The predicted molar refractivity (Wildman–Crippen MR) is 68.9 cm³/mol. The Kier molecular flexibility index (Phi) is 3.17. The summed E-state index contributed by atoms with van der Waals surface area (Å²) in [6.45, 7) is 1.80. The molecule has 1 unspecified atom stereocenters. The van der Waals surface area contributed by atoms with Gasteiger partial charge in [0.1, 0.15) is 0 Å². The molecule has 2 aliphatic rings. The summed E-state index contributed by atoms with van der Waals surface area (Å²) in [5, 5.41) is 0. The maximum atomic E-state index is 6.48. The smallest absolute Gasteiger partial charge is 0.0469 e. The topological polar surface area (TPSA) is 35.2 Å². The van der Waals surface area contributed by atoms with Crippen molar-refractivity contribution in [2.75, 3.05) is 13.2 Å². The quantitative estimate of drug-likeness (QED) is 0.846. The summed E-state index contributed by atoms with van der Waals surface area (Å²) in [4.78, 5) is 0. The lowest BCUT2D eigenvalue weighted by Crippen LogP contribution is -2.40. The van der Waals surface area contributed by atoms with Crippen molar-refractivity contribution in [3.05, 3.63) is 35.4 Å². The number of nitrogens with two attached hydrogens (primary N) is 1. The predicted octanol–water partition coefficient (Wildman–Crippen LogP) is 2.16. The van der Waals surface area contributed by atoms with Crippen LogP contribution in [-0.2, 0) is 17.6 Å². The summed E-state index contributed by atoms with van der Waals surface area (Å²) in [5.74, 6) is 1.32. The minimum absolute atomic E-state index is 0.353. The van der Waals surface area contributed by atoms with Crippen LogP contribution in [-0.4, -0.2) is 19.3 Å². The fourth-order valence-electron chi connectivity index (χ4n) is 3.35.